The second-order valence-electron chi connectivity index (χ2n) is 5.86. The van der Waals surface area contributed by atoms with Gasteiger partial charge in [0.25, 0.3) is 0 Å². The van der Waals surface area contributed by atoms with Gasteiger partial charge in [-0.2, -0.15) is 26.3 Å². The number of likely N-dealkylation sites (tertiary alicyclic amines) is 1. The zero-order valence-corrected chi connectivity index (χ0v) is 12.4. The zero-order valence-electron chi connectivity index (χ0n) is 12.4. The van der Waals surface area contributed by atoms with E-state index in [1.54, 1.807) is 11.8 Å². The van der Waals surface area contributed by atoms with Crippen molar-refractivity contribution in [1.29, 1.82) is 0 Å². The van der Waals surface area contributed by atoms with Gasteiger partial charge in [0.1, 0.15) is 0 Å². The molecule has 2 rings (SSSR count). The normalized spacial score (nSPS) is 21.2. The molecule has 2 nitrogen and oxygen atoms in total. The minimum Gasteiger partial charge on any atom is -0.380 e. The van der Waals surface area contributed by atoms with Crippen LogP contribution in [-0.2, 0) is 6.18 Å². The van der Waals surface area contributed by atoms with E-state index in [1.807, 2.05) is 0 Å². The molecule has 0 amide bonds. The minimum atomic E-state index is -4.67. The van der Waals surface area contributed by atoms with Crippen LogP contribution >= 0.6 is 0 Å². The maximum Gasteiger partial charge on any atom is 0.417 e. The molecule has 1 N–H and O–H groups in total. The Kier molecular flexibility index (Phi) is 4.69. The van der Waals surface area contributed by atoms with E-state index < -0.39 is 36.4 Å². The van der Waals surface area contributed by atoms with Crippen molar-refractivity contribution in [1.82, 2.24) is 4.90 Å². The molecule has 8 heteroatoms. The lowest BCUT2D eigenvalue weighted by molar-refractivity contribution is -0.273. The molecule has 0 bridgehead atoms. The molecule has 1 saturated heterocycles. The van der Waals surface area contributed by atoms with Gasteiger partial charge in [-0.25, -0.2) is 0 Å². The first-order chi connectivity index (χ1) is 10.4. The monoisotopic (exact) mass is 341 g/mol. The van der Waals surface area contributed by atoms with E-state index >= 15 is 0 Å². The highest BCUT2D eigenvalue weighted by Crippen LogP contribution is 2.40. The van der Waals surface area contributed by atoms with Crippen molar-refractivity contribution in [2.45, 2.75) is 43.8 Å². The summed E-state index contributed by atoms with van der Waals surface area (Å²) < 4.78 is 75.9. The molecule has 1 aliphatic heterocycles. The Bertz CT molecular complexity index is 528. The average molecular weight is 341 g/mol. The van der Waals surface area contributed by atoms with Crippen LogP contribution in [0.25, 0.3) is 0 Å². The number of halogens is 6. The molecule has 0 aliphatic carbocycles. The molecule has 0 aromatic heterocycles. The molecule has 0 spiro atoms. The SMILES string of the molecule is CC(c1ccc(C(F)(F)F)cc1)N1CCC(O)(C(F)(F)F)CC1. The topological polar surface area (TPSA) is 23.5 Å². The Balaban J connectivity index is 2.04. The molecular formula is C15H17F6NO. The predicted molar refractivity (Wildman–Crippen MR) is 71.7 cm³/mol. The van der Waals surface area contributed by atoms with Crippen LogP contribution in [0.3, 0.4) is 0 Å². The van der Waals surface area contributed by atoms with Gasteiger partial charge >= 0.3 is 12.4 Å². The van der Waals surface area contributed by atoms with Gasteiger partial charge in [0, 0.05) is 19.1 Å². The van der Waals surface area contributed by atoms with E-state index in [0.29, 0.717) is 5.56 Å². The molecule has 0 saturated carbocycles. The molecule has 1 unspecified atom stereocenters. The van der Waals surface area contributed by atoms with E-state index in [9.17, 15) is 31.4 Å². The minimum absolute atomic E-state index is 0.0260. The van der Waals surface area contributed by atoms with Crippen molar-refractivity contribution >= 4 is 0 Å². The average Bonchev–Trinajstić information content (AvgIpc) is 2.45. The Morgan fingerprint density at radius 2 is 1.48 bits per heavy atom. The van der Waals surface area contributed by atoms with Crippen LogP contribution < -0.4 is 0 Å². The van der Waals surface area contributed by atoms with Gasteiger partial charge in [-0.05, 0) is 37.5 Å². The maximum absolute atomic E-state index is 12.8. The maximum atomic E-state index is 12.8. The standard InChI is InChI=1S/C15H17F6NO/c1-10(11-2-4-12(5-3-11)14(16,17)18)22-8-6-13(23,7-9-22)15(19,20)21/h2-5,10,23H,6-9H2,1H3. The van der Waals surface area contributed by atoms with Crippen LogP contribution in [0.2, 0.25) is 0 Å². The number of benzene rings is 1. The smallest absolute Gasteiger partial charge is 0.380 e. The summed E-state index contributed by atoms with van der Waals surface area (Å²) in [5, 5.41) is 9.63. The molecule has 1 aliphatic rings. The van der Waals surface area contributed by atoms with Crippen LogP contribution in [0.5, 0.6) is 0 Å². The van der Waals surface area contributed by atoms with Crippen molar-refractivity contribution < 1.29 is 31.4 Å². The van der Waals surface area contributed by atoms with Crippen LogP contribution in [0, 0.1) is 0 Å². The summed E-state index contributed by atoms with van der Waals surface area (Å²) in [5.41, 5.74) is -2.85. The first kappa shape index (κ1) is 18.1. The summed E-state index contributed by atoms with van der Waals surface area (Å²) in [4.78, 5) is 1.73. The lowest BCUT2D eigenvalue weighted by atomic mass is 9.89. The summed E-state index contributed by atoms with van der Waals surface area (Å²) in [6, 6.07) is 4.26. The van der Waals surface area contributed by atoms with E-state index in [2.05, 4.69) is 0 Å². The first-order valence-corrected chi connectivity index (χ1v) is 7.14. The highest BCUT2D eigenvalue weighted by Gasteiger charge is 2.54. The van der Waals surface area contributed by atoms with Crippen LogP contribution in [0.15, 0.2) is 24.3 Å². The number of aliphatic hydroxyl groups is 1. The van der Waals surface area contributed by atoms with Gasteiger partial charge in [-0.1, -0.05) is 12.1 Å². The highest BCUT2D eigenvalue weighted by molar-refractivity contribution is 5.26. The molecule has 0 radical (unpaired) electrons. The van der Waals surface area contributed by atoms with Crippen molar-refractivity contribution in [3.63, 3.8) is 0 Å². The van der Waals surface area contributed by atoms with Gasteiger partial charge in [0.05, 0.1) is 5.56 Å². The summed E-state index contributed by atoms with van der Waals surface area (Å²) in [6.07, 6.45) is -9.98. The van der Waals surface area contributed by atoms with Gasteiger partial charge < -0.3 is 5.11 Å². The van der Waals surface area contributed by atoms with Gasteiger partial charge in [-0.15, -0.1) is 0 Å². The third-order valence-corrected chi connectivity index (χ3v) is 4.42. The molecule has 1 aromatic rings. The van der Waals surface area contributed by atoms with Crippen molar-refractivity contribution in [3.8, 4) is 0 Å². The summed E-state index contributed by atoms with van der Waals surface area (Å²) in [7, 11) is 0. The van der Waals surface area contributed by atoms with E-state index in [0.717, 1.165) is 12.1 Å². The Morgan fingerprint density at radius 3 is 1.87 bits per heavy atom. The van der Waals surface area contributed by atoms with Crippen molar-refractivity contribution in [3.05, 3.63) is 35.4 Å². The van der Waals surface area contributed by atoms with Gasteiger partial charge in [0.15, 0.2) is 5.60 Å². The highest BCUT2D eigenvalue weighted by atomic mass is 19.4. The number of alkyl halides is 6. The fourth-order valence-corrected chi connectivity index (χ4v) is 2.73. The zero-order chi connectivity index (χ0) is 17.5. The van der Waals surface area contributed by atoms with E-state index in [4.69, 9.17) is 0 Å². The van der Waals surface area contributed by atoms with Gasteiger partial charge in [-0.3, -0.25) is 4.90 Å². The number of hydrogen-bond donors (Lipinski definition) is 1. The fraction of sp³-hybridized carbons (Fsp3) is 0.600. The van der Waals surface area contributed by atoms with Crippen molar-refractivity contribution in [2.24, 2.45) is 0 Å². The third-order valence-electron chi connectivity index (χ3n) is 4.42. The second kappa shape index (κ2) is 5.98. The number of piperidine rings is 1. The Hall–Kier alpha value is -1.28. The largest absolute Gasteiger partial charge is 0.417 e. The quantitative estimate of drug-likeness (QED) is 0.817. The Morgan fingerprint density at radius 1 is 1.00 bits per heavy atom. The van der Waals surface area contributed by atoms with E-state index in [1.165, 1.54) is 12.1 Å². The lowest BCUT2D eigenvalue weighted by Gasteiger charge is -2.41. The van der Waals surface area contributed by atoms with Crippen molar-refractivity contribution in [2.75, 3.05) is 13.1 Å². The number of rotatable bonds is 2. The summed E-state index contributed by atoms with van der Waals surface area (Å²) in [6.45, 7) is 1.77. The molecule has 1 atom stereocenters. The molecule has 130 valence electrons. The van der Waals surface area contributed by atoms with Crippen LogP contribution in [0.4, 0.5) is 26.3 Å². The number of hydrogen-bond acceptors (Lipinski definition) is 2. The molecule has 23 heavy (non-hydrogen) atoms. The summed E-state index contributed by atoms with van der Waals surface area (Å²) in [5.74, 6) is 0. The summed E-state index contributed by atoms with van der Waals surface area (Å²) >= 11 is 0. The predicted octanol–water partition coefficient (Wildman–Crippen LogP) is 4.16. The Labute approximate surface area is 129 Å². The third kappa shape index (κ3) is 3.80. The lowest BCUT2D eigenvalue weighted by Crippen LogP contribution is -2.53. The molecular weight excluding hydrogens is 324 g/mol. The van der Waals surface area contributed by atoms with Gasteiger partial charge in [0.2, 0.25) is 0 Å². The van der Waals surface area contributed by atoms with Crippen LogP contribution in [-0.4, -0.2) is 34.9 Å². The molecule has 1 heterocycles. The van der Waals surface area contributed by atoms with Crippen LogP contribution in [0.1, 0.15) is 36.9 Å². The van der Waals surface area contributed by atoms with E-state index in [-0.39, 0.29) is 19.1 Å². The first-order valence-electron chi connectivity index (χ1n) is 7.14. The molecule has 1 aromatic carbocycles. The molecule has 1 fully saturated rings. The fourth-order valence-electron chi connectivity index (χ4n) is 2.73. The number of nitrogens with zero attached hydrogens (tertiary/aromatic N) is 1. The second-order valence-corrected chi connectivity index (χ2v) is 5.86.